The topological polar surface area (TPSA) is 83.1 Å². The van der Waals surface area contributed by atoms with Crippen LogP contribution in [-0.4, -0.2) is 26.2 Å². The summed E-state index contributed by atoms with van der Waals surface area (Å²) in [5.74, 6) is -0.347. The van der Waals surface area contributed by atoms with Crippen molar-refractivity contribution in [2.45, 2.75) is 39.7 Å². The second kappa shape index (κ2) is 9.08. The quantitative estimate of drug-likeness (QED) is 0.210. The smallest absolute Gasteiger partial charge is 0.357 e. The molecule has 0 saturated heterocycles. The summed E-state index contributed by atoms with van der Waals surface area (Å²) in [4.78, 5) is 15.8. The van der Waals surface area contributed by atoms with Gasteiger partial charge in [0.1, 0.15) is 12.4 Å². The van der Waals surface area contributed by atoms with Crippen LogP contribution in [0.1, 0.15) is 38.8 Å². The van der Waals surface area contributed by atoms with E-state index in [1.807, 2.05) is 12.1 Å². The lowest BCUT2D eigenvalue weighted by Gasteiger charge is -2.19. The third kappa shape index (κ3) is 5.95. The molecular formula is C20H28N2O4. The highest BCUT2D eigenvalue weighted by atomic mass is 16.5. The molecule has 0 aliphatic heterocycles. The fraction of sp³-hybridized carbons (Fsp3) is 0.400. The van der Waals surface area contributed by atoms with Crippen LogP contribution in [0, 0.1) is 0 Å². The molecule has 0 aliphatic carbocycles. The van der Waals surface area contributed by atoms with Crippen LogP contribution in [-0.2, 0) is 31.0 Å². The molecule has 0 aromatic heterocycles. The lowest BCUT2D eigenvalue weighted by molar-refractivity contribution is -0.136. The third-order valence-electron chi connectivity index (χ3n) is 3.82. The van der Waals surface area contributed by atoms with E-state index in [2.05, 4.69) is 44.5 Å². The van der Waals surface area contributed by atoms with Crippen LogP contribution in [0.2, 0.25) is 0 Å². The molecule has 0 radical (unpaired) electrons. The molecule has 1 rings (SSSR count). The number of methoxy groups -OCH3 is 2. The minimum atomic E-state index is -0.651. The van der Waals surface area contributed by atoms with Gasteiger partial charge >= 0.3 is 5.97 Å². The highest BCUT2D eigenvalue weighted by Crippen LogP contribution is 2.23. The molecule has 0 atom stereocenters. The maximum absolute atomic E-state index is 11.9. The van der Waals surface area contributed by atoms with Crippen LogP contribution in [0.15, 0.2) is 52.9 Å². The number of benzene rings is 1. The average Bonchev–Trinajstić information content (AvgIpc) is 2.62. The Morgan fingerprint density at radius 2 is 1.73 bits per heavy atom. The summed E-state index contributed by atoms with van der Waals surface area (Å²) in [5, 5.41) is 0. The second-order valence-electron chi connectivity index (χ2n) is 6.78. The number of hydrogen-bond donors (Lipinski definition) is 1. The molecule has 0 heterocycles. The number of nitrogens with zero attached hydrogens (tertiary/aromatic N) is 1. The van der Waals surface area contributed by atoms with Crippen LogP contribution in [0.3, 0.4) is 0 Å². The van der Waals surface area contributed by atoms with E-state index in [9.17, 15) is 4.79 Å². The van der Waals surface area contributed by atoms with Gasteiger partial charge < -0.3 is 19.9 Å². The Hall–Kier alpha value is -2.76. The fourth-order valence-corrected chi connectivity index (χ4v) is 2.05. The number of rotatable bonds is 6. The largest absolute Gasteiger partial charge is 0.489 e. The van der Waals surface area contributed by atoms with Crippen molar-refractivity contribution in [1.29, 1.82) is 0 Å². The van der Waals surface area contributed by atoms with Crippen LogP contribution in [0.25, 0.3) is 0 Å². The zero-order valence-corrected chi connectivity index (χ0v) is 16.4. The van der Waals surface area contributed by atoms with Gasteiger partial charge in [-0.25, -0.2) is 4.79 Å². The number of hydrogen-bond acceptors (Lipinski definition) is 5. The van der Waals surface area contributed by atoms with Crippen LogP contribution < -0.4 is 5.73 Å². The Labute approximate surface area is 155 Å². The Bertz CT molecular complexity index is 710. The van der Waals surface area contributed by atoms with Gasteiger partial charge in [0.2, 0.25) is 0 Å². The summed E-state index contributed by atoms with van der Waals surface area (Å²) >= 11 is 0. The van der Waals surface area contributed by atoms with Gasteiger partial charge in [0.25, 0.3) is 6.02 Å². The predicted molar refractivity (Wildman–Crippen MR) is 102 cm³/mol. The van der Waals surface area contributed by atoms with Gasteiger partial charge in [-0.1, -0.05) is 51.6 Å². The number of nitrogens with two attached hydrogens (primary N) is 1. The Kier molecular flexibility index (Phi) is 7.43. The van der Waals surface area contributed by atoms with Crippen molar-refractivity contribution in [1.82, 2.24) is 0 Å². The molecule has 0 fully saturated rings. The summed E-state index contributed by atoms with van der Waals surface area (Å²) in [5.41, 5.74) is 8.27. The van der Waals surface area contributed by atoms with Crippen LogP contribution >= 0.6 is 0 Å². The predicted octanol–water partition coefficient (Wildman–Crippen LogP) is 3.42. The Balaban J connectivity index is 2.92. The SMILES string of the molecule is C=C(OCc1ccc(C(C)(C)C)cc1)/C(C)=C(\N=C(/N)OC)C(=O)OC. The second-order valence-corrected chi connectivity index (χ2v) is 6.78. The molecule has 0 spiro atoms. The summed E-state index contributed by atoms with van der Waals surface area (Å²) in [6.07, 6.45) is 0. The first kappa shape index (κ1) is 21.3. The first-order chi connectivity index (χ1) is 12.1. The van der Waals surface area contributed by atoms with Crippen molar-refractivity contribution >= 4 is 12.0 Å². The Morgan fingerprint density at radius 3 is 2.19 bits per heavy atom. The minimum absolute atomic E-state index is 0.0140. The molecule has 26 heavy (non-hydrogen) atoms. The molecule has 2 N–H and O–H groups in total. The van der Waals surface area contributed by atoms with Gasteiger partial charge in [-0.05, 0) is 23.5 Å². The van der Waals surface area contributed by atoms with Crippen LogP contribution in [0.4, 0.5) is 0 Å². The number of esters is 1. The molecule has 0 bridgehead atoms. The number of allylic oxidation sites excluding steroid dienone is 1. The van der Waals surface area contributed by atoms with Gasteiger partial charge in [0.15, 0.2) is 5.70 Å². The summed E-state index contributed by atoms with van der Waals surface area (Å²) in [7, 11) is 2.62. The molecule has 6 heteroatoms. The van der Waals surface area contributed by atoms with E-state index in [0.29, 0.717) is 17.9 Å². The average molecular weight is 360 g/mol. The van der Waals surface area contributed by atoms with E-state index in [1.165, 1.54) is 19.8 Å². The number of aliphatic imine (C=N–C) groups is 1. The van der Waals surface area contributed by atoms with Gasteiger partial charge in [0.05, 0.1) is 14.2 Å². The molecule has 0 saturated carbocycles. The maximum atomic E-state index is 11.9. The molecular weight excluding hydrogens is 332 g/mol. The van der Waals surface area contributed by atoms with E-state index in [0.717, 1.165) is 5.56 Å². The molecule has 1 aromatic rings. The first-order valence-electron chi connectivity index (χ1n) is 8.19. The van der Waals surface area contributed by atoms with Crippen LogP contribution in [0.5, 0.6) is 0 Å². The molecule has 6 nitrogen and oxygen atoms in total. The van der Waals surface area contributed by atoms with E-state index in [4.69, 9.17) is 19.9 Å². The zero-order chi connectivity index (χ0) is 19.9. The molecule has 0 unspecified atom stereocenters. The van der Waals surface area contributed by atoms with Crippen molar-refractivity contribution < 1.29 is 19.0 Å². The van der Waals surface area contributed by atoms with Gasteiger partial charge in [-0.15, -0.1) is 0 Å². The number of amidine groups is 1. The van der Waals surface area contributed by atoms with E-state index in [1.54, 1.807) is 6.92 Å². The molecule has 0 amide bonds. The zero-order valence-electron chi connectivity index (χ0n) is 16.4. The summed E-state index contributed by atoms with van der Waals surface area (Å²) in [6, 6.07) is 8.02. The fourth-order valence-electron chi connectivity index (χ4n) is 2.05. The first-order valence-corrected chi connectivity index (χ1v) is 8.19. The summed E-state index contributed by atoms with van der Waals surface area (Å²) in [6.45, 7) is 12.3. The minimum Gasteiger partial charge on any atom is -0.489 e. The number of carbonyl (C=O) groups excluding carboxylic acids is 1. The molecule has 1 aromatic carbocycles. The monoisotopic (exact) mass is 360 g/mol. The van der Waals surface area contributed by atoms with Gasteiger partial charge in [-0.3, -0.25) is 0 Å². The number of ether oxygens (including phenoxy) is 3. The van der Waals surface area contributed by atoms with Crippen molar-refractivity contribution in [2.24, 2.45) is 10.7 Å². The molecule has 142 valence electrons. The van der Waals surface area contributed by atoms with Crippen molar-refractivity contribution in [3.63, 3.8) is 0 Å². The van der Waals surface area contributed by atoms with Crippen molar-refractivity contribution in [3.05, 3.63) is 59.0 Å². The lowest BCUT2D eigenvalue weighted by Crippen LogP contribution is -2.17. The lowest BCUT2D eigenvalue weighted by atomic mass is 9.87. The van der Waals surface area contributed by atoms with E-state index >= 15 is 0 Å². The highest BCUT2D eigenvalue weighted by Gasteiger charge is 2.17. The number of carbonyl (C=O) groups is 1. The normalized spacial score (nSPS) is 12.9. The van der Waals surface area contributed by atoms with Gasteiger partial charge in [-0.2, -0.15) is 4.99 Å². The molecule has 0 aliphatic rings. The van der Waals surface area contributed by atoms with Crippen molar-refractivity contribution in [3.8, 4) is 0 Å². The summed E-state index contributed by atoms with van der Waals surface area (Å²) < 4.78 is 15.2. The van der Waals surface area contributed by atoms with Gasteiger partial charge in [0, 0.05) is 5.57 Å². The maximum Gasteiger partial charge on any atom is 0.357 e. The highest BCUT2D eigenvalue weighted by molar-refractivity contribution is 5.92. The van der Waals surface area contributed by atoms with Crippen molar-refractivity contribution in [2.75, 3.05) is 14.2 Å². The third-order valence-corrected chi connectivity index (χ3v) is 3.82. The Morgan fingerprint density at radius 1 is 1.15 bits per heavy atom. The standard InChI is InChI=1S/C20H28N2O4/c1-13(17(18(23)24-6)22-19(21)25-7)14(2)26-12-15-8-10-16(11-9-15)20(3,4)5/h8-11H,2,12H2,1,3-7H3,(H2,21,22)/b17-13-. The van der Waals surface area contributed by atoms with E-state index < -0.39 is 5.97 Å². The van der Waals surface area contributed by atoms with E-state index in [-0.39, 0.29) is 17.1 Å².